The van der Waals surface area contributed by atoms with Crippen molar-refractivity contribution in [1.29, 1.82) is 0 Å². The number of nitro benzene ring substituents is 1. The second-order valence-corrected chi connectivity index (χ2v) is 8.38. The van der Waals surface area contributed by atoms with Crippen molar-refractivity contribution in [3.05, 3.63) is 64.2 Å². The van der Waals surface area contributed by atoms with Crippen LogP contribution in [0.15, 0.2) is 53.4 Å². The van der Waals surface area contributed by atoms with E-state index in [2.05, 4.69) is 4.72 Å². The highest BCUT2D eigenvalue weighted by molar-refractivity contribution is 7.89. The normalized spacial score (nSPS) is 15.1. The standard InChI is InChI=1S/C19H21N3O6S/c1-28-17-4-2-3-14(13-17)19(23)21-11-9-15(10-12-21)20-29(26,27)18-7-5-16(6-8-18)22(24)25/h2-8,13,15,20H,9-12H2,1H3. The van der Waals surface area contributed by atoms with Gasteiger partial charge in [0.05, 0.1) is 16.9 Å². The number of nitrogens with zero attached hydrogens (tertiary/aromatic N) is 2. The number of methoxy groups -OCH3 is 1. The van der Waals surface area contributed by atoms with Crippen LogP contribution in [0.25, 0.3) is 0 Å². The number of likely N-dealkylation sites (tertiary alicyclic amines) is 1. The molecule has 1 aliphatic rings. The molecule has 0 spiro atoms. The van der Waals surface area contributed by atoms with Crippen LogP contribution in [0.1, 0.15) is 23.2 Å². The van der Waals surface area contributed by atoms with E-state index in [1.54, 1.807) is 29.2 Å². The first-order valence-corrected chi connectivity index (χ1v) is 10.5. The topological polar surface area (TPSA) is 119 Å². The van der Waals surface area contributed by atoms with Crippen molar-refractivity contribution in [2.45, 2.75) is 23.8 Å². The number of benzene rings is 2. The van der Waals surface area contributed by atoms with E-state index in [1.807, 2.05) is 0 Å². The molecular weight excluding hydrogens is 398 g/mol. The highest BCUT2D eigenvalue weighted by Gasteiger charge is 2.27. The Kier molecular flexibility index (Phi) is 6.14. The fourth-order valence-electron chi connectivity index (χ4n) is 3.17. The maximum absolute atomic E-state index is 12.6. The lowest BCUT2D eigenvalue weighted by Gasteiger charge is -2.32. The van der Waals surface area contributed by atoms with Gasteiger partial charge in [0, 0.05) is 36.8 Å². The average Bonchev–Trinajstić information content (AvgIpc) is 2.73. The number of sulfonamides is 1. The highest BCUT2D eigenvalue weighted by atomic mass is 32.2. The number of nitrogens with one attached hydrogen (secondary N) is 1. The lowest BCUT2D eigenvalue weighted by molar-refractivity contribution is -0.384. The van der Waals surface area contributed by atoms with Gasteiger partial charge < -0.3 is 9.64 Å². The van der Waals surface area contributed by atoms with Gasteiger partial charge in [0.15, 0.2) is 0 Å². The Bertz CT molecular complexity index is 999. The van der Waals surface area contributed by atoms with Crippen LogP contribution in [0.5, 0.6) is 5.75 Å². The van der Waals surface area contributed by atoms with Crippen LogP contribution in [0.2, 0.25) is 0 Å². The molecule has 1 fully saturated rings. The molecule has 1 saturated heterocycles. The van der Waals surface area contributed by atoms with E-state index in [0.29, 0.717) is 37.2 Å². The molecule has 2 aromatic carbocycles. The first-order chi connectivity index (χ1) is 13.8. The Hall–Kier alpha value is -2.98. The summed E-state index contributed by atoms with van der Waals surface area (Å²) in [6.45, 7) is 0.840. The third kappa shape index (κ3) is 4.90. The van der Waals surface area contributed by atoms with Gasteiger partial charge in [-0.2, -0.15) is 0 Å². The summed E-state index contributed by atoms with van der Waals surface area (Å²) in [6.07, 6.45) is 0.948. The van der Waals surface area contributed by atoms with Gasteiger partial charge in [-0.3, -0.25) is 14.9 Å². The summed E-state index contributed by atoms with van der Waals surface area (Å²) in [4.78, 5) is 24.4. The molecule has 1 N–H and O–H groups in total. The molecule has 154 valence electrons. The molecule has 0 aliphatic carbocycles. The van der Waals surface area contributed by atoms with Gasteiger partial charge in [-0.1, -0.05) is 6.07 Å². The minimum Gasteiger partial charge on any atom is -0.497 e. The van der Waals surface area contributed by atoms with Crippen LogP contribution in [0.4, 0.5) is 5.69 Å². The number of nitro groups is 1. The largest absolute Gasteiger partial charge is 0.497 e. The molecule has 1 aliphatic heterocycles. The van der Waals surface area contributed by atoms with Gasteiger partial charge >= 0.3 is 0 Å². The first kappa shape index (κ1) is 20.7. The highest BCUT2D eigenvalue weighted by Crippen LogP contribution is 2.20. The molecule has 0 radical (unpaired) electrons. The summed E-state index contributed by atoms with van der Waals surface area (Å²) in [5.74, 6) is 0.474. The van der Waals surface area contributed by atoms with Crippen LogP contribution in [0, 0.1) is 10.1 Å². The second kappa shape index (κ2) is 8.58. The van der Waals surface area contributed by atoms with Crippen molar-refractivity contribution in [2.24, 2.45) is 0 Å². The van der Waals surface area contributed by atoms with Crippen LogP contribution < -0.4 is 9.46 Å². The van der Waals surface area contributed by atoms with Crippen molar-refractivity contribution in [3.63, 3.8) is 0 Å². The smallest absolute Gasteiger partial charge is 0.269 e. The molecule has 0 saturated carbocycles. The molecule has 10 heteroatoms. The predicted octanol–water partition coefficient (Wildman–Crippen LogP) is 2.19. The van der Waals surface area contributed by atoms with Crippen LogP contribution in [-0.4, -0.2) is 50.4 Å². The zero-order valence-corrected chi connectivity index (χ0v) is 16.6. The maximum Gasteiger partial charge on any atom is 0.269 e. The van der Waals surface area contributed by atoms with Gasteiger partial charge in [-0.25, -0.2) is 13.1 Å². The van der Waals surface area contributed by atoms with Crippen molar-refractivity contribution < 1.29 is 22.9 Å². The summed E-state index contributed by atoms with van der Waals surface area (Å²) in [5, 5.41) is 10.7. The zero-order chi connectivity index (χ0) is 21.0. The number of amides is 1. The Labute approximate surface area is 168 Å². The molecule has 0 bridgehead atoms. The van der Waals surface area contributed by atoms with Crippen LogP contribution in [-0.2, 0) is 10.0 Å². The number of rotatable bonds is 6. The van der Waals surface area contributed by atoms with Crippen molar-refractivity contribution in [1.82, 2.24) is 9.62 Å². The molecule has 0 aromatic heterocycles. The molecule has 0 atom stereocenters. The molecule has 3 rings (SSSR count). The second-order valence-electron chi connectivity index (χ2n) is 6.67. The number of hydrogen-bond donors (Lipinski definition) is 1. The Morgan fingerprint density at radius 1 is 1.17 bits per heavy atom. The van der Waals surface area contributed by atoms with Gasteiger partial charge in [-0.15, -0.1) is 0 Å². The van der Waals surface area contributed by atoms with Crippen LogP contribution in [0.3, 0.4) is 0 Å². The van der Waals surface area contributed by atoms with Crippen molar-refractivity contribution >= 4 is 21.6 Å². The number of carbonyl (C=O) groups is 1. The molecule has 2 aromatic rings. The summed E-state index contributed by atoms with van der Waals surface area (Å²) >= 11 is 0. The van der Waals surface area contributed by atoms with E-state index in [9.17, 15) is 23.3 Å². The summed E-state index contributed by atoms with van der Waals surface area (Å²) in [6, 6.07) is 11.3. The molecule has 1 heterocycles. The number of piperidine rings is 1. The minimum absolute atomic E-state index is 0.0296. The van der Waals surface area contributed by atoms with Crippen LogP contribution >= 0.6 is 0 Å². The lowest BCUT2D eigenvalue weighted by atomic mass is 10.0. The Morgan fingerprint density at radius 3 is 2.41 bits per heavy atom. The fraction of sp³-hybridized carbons (Fsp3) is 0.316. The third-order valence-electron chi connectivity index (χ3n) is 4.78. The van der Waals surface area contributed by atoms with Gasteiger partial charge in [0.1, 0.15) is 5.75 Å². The third-order valence-corrected chi connectivity index (χ3v) is 6.31. The van der Waals surface area contributed by atoms with Gasteiger partial charge in [-0.05, 0) is 43.2 Å². The van der Waals surface area contributed by atoms with Crippen molar-refractivity contribution in [3.8, 4) is 5.75 Å². The number of non-ortho nitro benzene ring substituents is 1. The number of ether oxygens (including phenoxy) is 1. The van der Waals surface area contributed by atoms with E-state index in [0.717, 1.165) is 12.1 Å². The van der Waals surface area contributed by atoms with E-state index < -0.39 is 14.9 Å². The van der Waals surface area contributed by atoms with E-state index >= 15 is 0 Å². The quantitative estimate of drug-likeness (QED) is 0.566. The number of carbonyl (C=O) groups excluding carboxylic acids is 1. The molecule has 9 nitrogen and oxygen atoms in total. The zero-order valence-electron chi connectivity index (χ0n) is 15.8. The van der Waals surface area contributed by atoms with Crippen molar-refractivity contribution in [2.75, 3.05) is 20.2 Å². The summed E-state index contributed by atoms with van der Waals surface area (Å²) in [7, 11) is -2.26. The monoisotopic (exact) mass is 419 g/mol. The average molecular weight is 419 g/mol. The SMILES string of the molecule is COc1cccc(C(=O)N2CCC(NS(=O)(=O)c3ccc([N+](=O)[O-])cc3)CC2)c1. The molecule has 1 amide bonds. The predicted molar refractivity (Wildman–Crippen MR) is 105 cm³/mol. The van der Waals surface area contributed by atoms with Gasteiger partial charge in [0.2, 0.25) is 10.0 Å². The summed E-state index contributed by atoms with van der Waals surface area (Å²) in [5.41, 5.74) is 0.350. The molecular formula is C19H21N3O6S. The van der Waals surface area contributed by atoms with Gasteiger partial charge in [0.25, 0.3) is 11.6 Å². The first-order valence-electron chi connectivity index (χ1n) is 9.00. The maximum atomic E-state index is 12.6. The van der Waals surface area contributed by atoms with E-state index in [4.69, 9.17) is 4.74 Å². The molecule has 0 unspecified atom stereocenters. The number of hydrogen-bond acceptors (Lipinski definition) is 6. The Balaban J connectivity index is 1.60. The van der Waals surface area contributed by atoms with E-state index in [-0.39, 0.29) is 22.5 Å². The minimum atomic E-state index is -3.79. The van der Waals surface area contributed by atoms with E-state index in [1.165, 1.54) is 19.2 Å². The fourth-order valence-corrected chi connectivity index (χ4v) is 4.48. The summed E-state index contributed by atoms with van der Waals surface area (Å²) < 4.78 is 32.8. The Morgan fingerprint density at radius 2 is 1.83 bits per heavy atom. The molecule has 29 heavy (non-hydrogen) atoms. The lowest BCUT2D eigenvalue weighted by Crippen LogP contribution is -2.46.